The number of hydrogen-bond acceptors (Lipinski definition) is 5. The Balaban J connectivity index is 1.65. The van der Waals surface area contributed by atoms with Gasteiger partial charge in [-0.15, -0.1) is 0 Å². The lowest BCUT2D eigenvalue weighted by atomic mass is 10.1. The Bertz CT molecular complexity index is 862. The molecule has 2 aromatic heterocycles. The number of ether oxygens (including phenoxy) is 1. The standard InChI is InChI=1S/C19H24N4O3/c1-13-10-15(21-12-20-13)5-6-16-11-23(8-9-26-16)19(25)17-7-4-14(2)22(3)18(17)24/h4,7,10,12,16H,5-6,8-9,11H2,1-3H3. The number of carbonyl (C=O) groups is 1. The number of aromatic nitrogens is 3. The first-order valence-electron chi connectivity index (χ1n) is 8.80. The monoisotopic (exact) mass is 356 g/mol. The maximum Gasteiger partial charge on any atom is 0.263 e. The number of nitrogens with zero attached hydrogens (tertiary/aromatic N) is 4. The SMILES string of the molecule is Cc1cc(CCC2CN(C(=O)c3ccc(C)n(C)c3=O)CCO2)ncn1. The zero-order chi connectivity index (χ0) is 18.7. The molecule has 7 nitrogen and oxygen atoms in total. The molecule has 0 spiro atoms. The molecule has 0 aromatic carbocycles. The van der Waals surface area contributed by atoms with E-state index in [9.17, 15) is 9.59 Å². The Morgan fingerprint density at radius 1 is 1.31 bits per heavy atom. The number of aryl methyl sites for hydroxylation is 3. The van der Waals surface area contributed by atoms with Crippen LogP contribution in [0.4, 0.5) is 0 Å². The van der Waals surface area contributed by atoms with Crippen molar-refractivity contribution in [3.63, 3.8) is 0 Å². The van der Waals surface area contributed by atoms with Gasteiger partial charge in [-0.05, 0) is 44.9 Å². The molecule has 1 unspecified atom stereocenters. The Kier molecular flexibility index (Phi) is 5.46. The predicted octanol–water partition coefficient (Wildman–Crippen LogP) is 1.27. The molecular weight excluding hydrogens is 332 g/mol. The van der Waals surface area contributed by atoms with Gasteiger partial charge >= 0.3 is 0 Å². The molecule has 0 aliphatic carbocycles. The molecule has 1 aliphatic rings. The lowest BCUT2D eigenvalue weighted by Crippen LogP contribution is -2.47. The van der Waals surface area contributed by atoms with Gasteiger partial charge in [-0.25, -0.2) is 9.97 Å². The molecule has 0 radical (unpaired) electrons. The van der Waals surface area contributed by atoms with E-state index in [-0.39, 0.29) is 23.1 Å². The average molecular weight is 356 g/mol. The van der Waals surface area contributed by atoms with Crippen molar-refractivity contribution in [1.82, 2.24) is 19.4 Å². The van der Waals surface area contributed by atoms with Gasteiger partial charge in [0.2, 0.25) is 0 Å². The van der Waals surface area contributed by atoms with E-state index in [4.69, 9.17) is 4.74 Å². The van der Waals surface area contributed by atoms with Crippen LogP contribution in [0.25, 0.3) is 0 Å². The quantitative estimate of drug-likeness (QED) is 0.824. The second-order valence-electron chi connectivity index (χ2n) is 6.69. The molecule has 2 aromatic rings. The summed E-state index contributed by atoms with van der Waals surface area (Å²) in [6.07, 6.45) is 3.04. The van der Waals surface area contributed by atoms with Crippen molar-refractivity contribution in [3.05, 3.63) is 57.5 Å². The summed E-state index contributed by atoms with van der Waals surface area (Å²) in [6, 6.07) is 5.37. The van der Waals surface area contributed by atoms with Gasteiger partial charge in [0, 0.05) is 37.2 Å². The van der Waals surface area contributed by atoms with Gasteiger partial charge in [0.15, 0.2) is 0 Å². The molecule has 26 heavy (non-hydrogen) atoms. The van der Waals surface area contributed by atoms with E-state index < -0.39 is 0 Å². The van der Waals surface area contributed by atoms with Crippen molar-refractivity contribution in [2.45, 2.75) is 32.8 Å². The van der Waals surface area contributed by atoms with Crippen molar-refractivity contribution in [3.8, 4) is 0 Å². The fourth-order valence-corrected chi connectivity index (χ4v) is 3.09. The molecule has 1 fully saturated rings. The van der Waals surface area contributed by atoms with Crippen LogP contribution < -0.4 is 5.56 Å². The van der Waals surface area contributed by atoms with Crippen LogP contribution in [0.2, 0.25) is 0 Å². The van der Waals surface area contributed by atoms with Crippen LogP contribution in [-0.2, 0) is 18.2 Å². The largest absolute Gasteiger partial charge is 0.375 e. The van der Waals surface area contributed by atoms with Gasteiger partial charge in [-0.1, -0.05) is 0 Å². The van der Waals surface area contributed by atoms with Crippen LogP contribution in [0.1, 0.15) is 33.9 Å². The summed E-state index contributed by atoms with van der Waals surface area (Å²) in [4.78, 5) is 35.2. The molecule has 1 aliphatic heterocycles. The maximum atomic E-state index is 12.8. The van der Waals surface area contributed by atoms with E-state index in [0.717, 1.165) is 29.9 Å². The Labute approximate surface area is 152 Å². The number of carbonyl (C=O) groups excluding carboxylic acids is 1. The number of rotatable bonds is 4. The predicted molar refractivity (Wildman–Crippen MR) is 97.2 cm³/mol. The van der Waals surface area contributed by atoms with E-state index >= 15 is 0 Å². The highest BCUT2D eigenvalue weighted by Gasteiger charge is 2.26. The minimum absolute atomic E-state index is 0.0581. The minimum Gasteiger partial charge on any atom is -0.375 e. The van der Waals surface area contributed by atoms with Crippen LogP contribution in [0.15, 0.2) is 29.3 Å². The first-order valence-corrected chi connectivity index (χ1v) is 8.80. The smallest absolute Gasteiger partial charge is 0.263 e. The van der Waals surface area contributed by atoms with Gasteiger partial charge in [0.25, 0.3) is 11.5 Å². The third kappa shape index (κ3) is 3.99. The van der Waals surface area contributed by atoms with Gasteiger partial charge in [-0.3, -0.25) is 9.59 Å². The first-order chi connectivity index (χ1) is 12.5. The van der Waals surface area contributed by atoms with Gasteiger partial charge in [0.05, 0.1) is 12.7 Å². The third-order valence-corrected chi connectivity index (χ3v) is 4.79. The molecule has 0 saturated carbocycles. The molecule has 1 atom stereocenters. The second kappa shape index (κ2) is 7.78. The molecule has 1 saturated heterocycles. The summed E-state index contributed by atoms with van der Waals surface area (Å²) in [6.45, 7) is 5.24. The van der Waals surface area contributed by atoms with E-state index in [1.54, 1.807) is 30.4 Å². The fourth-order valence-electron chi connectivity index (χ4n) is 3.09. The van der Waals surface area contributed by atoms with Crippen molar-refractivity contribution < 1.29 is 9.53 Å². The summed E-state index contributed by atoms with van der Waals surface area (Å²) in [7, 11) is 1.68. The fraction of sp³-hybridized carbons (Fsp3) is 0.474. The molecule has 138 valence electrons. The Morgan fingerprint density at radius 2 is 2.12 bits per heavy atom. The van der Waals surface area contributed by atoms with E-state index in [0.29, 0.717) is 19.7 Å². The normalized spacial score (nSPS) is 17.3. The highest BCUT2D eigenvalue weighted by Crippen LogP contribution is 2.14. The van der Waals surface area contributed by atoms with Crippen LogP contribution in [0, 0.1) is 13.8 Å². The second-order valence-corrected chi connectivity index (χ2v) is 6.69. The summed E-state index contributed by atoms with van der Waals surface area (Å²) in [5.41, 5.74) is 2.69. The third-order valence-electron chi connectivity index (χ3n) is 4.79. The molecule has 3 rings (SSSR count). The molecule has 7 heteroatoms. The molecule has 3 heterocycles. The van der Waals surface area contributed by atoms with E-state index in [2.05, 4.69) is 9.97 Å². The van der Waals surface area contributed by atoms with Gasteiger partial charge < -0.3 is 14.2 Å². The summed E-state index contributed by atoms with van der Waals surface area (Å²) >= 11 is 0. The zero-order valence-electron chi connectivity index (χ0n) is 15.4. The molecular formula is C19H24N4O3. The zero-order valence-corrected chi connectivity index (χ0v) is 15.4. The van der Waals surface area contributed by atoms with E-state index in [1.807, 2.05) is 19.9 Å². The number of morpholine rings is 1. The van der Waals surface area contributed by atoms with Crippen molar-refractivity contribution >= 4 is 5.91 Å². The van der Waals surface area contributed by atoms with Gasteiger partial charge in [0.1, 0.15) is 11.9 Å². The number of pyridine rings is 1. The van der Waals surface area contributed by atoms with Crippen LogP contribution in [0.3, 0.4) is 0 Å². The van der Waals surface area contributed by atoms with Crippen LogP contribution in [-0.4, -0.2) is 51.1 Å². The minimum atomic E-state index is -0.255. The Morgan fingerprint density at radius 3 is 2.88 bits per heavy atom. The summed E-state index contributed by atoms with van der Waals surface area (Å²) in [5, 5.41) is 0. The highest BCUT2D eigenvalue weighted by atomic mass is 16.5. The van der Waals surface area contributed by atoms with Crippen molar-refractivity contribution in [2.75, 3.05) is 19.7 Å². The Hall–Kier alpha value is -2.54. The molecule has 1 amide bonds. The topological polar surface area (TPSA) is 77.3 Å². The van der Waals surface area contributed by atoms with Gasteiger partial charge in [-0.2, -0.15) is 0 Å². The lowest BCUT2D eigenvalue weighted by Gasteiger charge is -2.33. The van der Waals surface area contributed by atoms with E-state index in [1.165, 1.54) is 4.57 Å². The molecule has 0 bridgehead atoms. The van der Waals surface area contributed by atoms with Crippen molar-refractivity contribution in [2.24, 2.45) is 7.05 Å². The number of hydrogen-bond donors (Lipinski definition) is 0. The maximum absolute atomic E-state index is 12.8. The summed E-state index contributed by atoms with van der Waals surface area (Å²) < 4.78 is 7.30. The number of amides is 1. The highest BCUT2D eigenvalue weighted by molar-refractivity contribution is 5.94. The van der Waals surface area contributed by atoms with Crippen LogP contribution in [0.5, 0.6) is 0 Å². The molecule has 0 N–H and O–H groups in total. The lowest BCUT2D eigenvalue weighted by molar-refractivity contribution is -0.0247. The van der Waals surface area contributed by atoms with Crippen LogP contribution >= 0.6 is 0 Å². The first kappa shape index (κ1) is 18.3. The summed E-state index contributed by atoms with van der Waals surface area (Å²) in [5.74, 6) is -0.225. The van der Waals surface area contributed by atoms with Crippen molar-refractivity contribution in [1.29, 1.82) is 0 Å². The average Bonchev–Trinajstić information content (AvgIpc) is 2.64.